The van der Waals surface area contributed by atoms with Gasteiger partial charge in [0.15, 0.2) is 0 Å². The third-order valence-electron chi connectivity index (χ3n) is 3.65. The standard InChI is InChI=1S/C20H34O/c1-16(2)10-7-11-18(5)12-8-13-19(6)14-9-15-20(21)17(3)4/h10,12,14,17H,7-9,11,13,15H2,1-6H3. The number of hydrogen-bond donors (Lipinski definition) is 0. The third kappa shape index (κ3) is 12.3. The van der Waals surface area contributed by atoms with E-state index in [4.69, 9.17) is 0 Å². The highest BCUT2D eigenvalue weighted by Crippen LogP contribution is 2.12. The molecule has 0 aliphatic heterocycles. The van der Waals surface area contributed by atoms with Crippen LogP contribution in [-0.4, -0.2) is 5.78 Å². The van der Waals surface area contributed by atoms with E-state index in [9.17, 15) is 4.79 Å². The topological polar surface area (TPSA) is 17.1 Å². The SMILES string of the molecule is CC(C)=CCCC(C)=CCCC(C)=CCCC(=O)C(C)C. The Hall–Kier alpha value is -1.11. The maximum atomic E-state index is 11.5. The van der Waals surface area contributed by atoms with Crippen LogP contribution in [0, 0.1) is 5.92 Å². The number of hydrogen-bond acceptors (Lipinski definition) is 1. The lowest BCUT2D eigenvalue weighted by atomic mass is 10.0. The van der Waals surface area contributed by atoms with Crippen LogP contribution >= 0.6 is 0 Å². The van der Waals surface area contributed by atoms with Crippen LogP contribution in [-0.2, 0) is 4.79 Å². The first-order valence-corrected chi connectivity index (χ1v) is 8.30. The summed E-state index contributed by atoms with van der Waals surface area (Å²) in [5.74, 6) is 0.541. The lowest BCUT2D eigenvalue weighted by Crippen LogP contribution is -2.05. The largest absolute Gasteiger partial charge is 0.299 e. The smallest absolute Gasteiger partial charge is 0.135 e. The maximum Gasteiger partial charge on any atom is 0.135 e. The molecule has 0 unspecified atom stereocenters. The van der Waals surface area contributed by atoms with Crippen molar-refractivity contribution in [3.05, 3.63) is 34.9 Å². The van der Waals surface area contributed by atoms with Gasteiger partial charge in [0, 0.05) is 12.3 Å². The van der Waals surface area contributed by atoms with Gasteiger partial charge in [0.2, 0.25) is 0 Å². The highest BCUT2D eigenvalue weighted by Gasteiger charge is 2.04. The van der Waals surface area contributed by atoms with E-state index >= 15 is 0 Å². The highest BCUT2D eigenvalue weighted by molar-refractivity contribution is 5.80. The summed E-state index contributed by atoms with van der Waals surface area (Å²) < 4.78 is 0. The Labute approximate surface area is 132 Å². The first-order chi connectivity index (χ1) is 9.82. The molecule has 0 spiro atoms. The maximum absolute atomic E-state index is 11.5. The Morgan fingerprint density at radius 3 is 1.62 bits per heavy atom. The first-order valence-electron chi connectivity index (χ1n) is 8.30. The number of Topliss-reactive ketones (excluding diaryl/α,β-unsaturated/α-hetero) is 1. The molecule has 0 aliphatic carbocycles. The van der Waals surface area contributed by atoms with Crippen molar-refractivity contribution in [1.82, 2.24) is 0 Å². The molecule has 21 heavy (non-hydrogen) atoms. The van der Waals surface area contributed by atoms with Crippen LogP contribution in [0.4, 0.5) is 0 Å². The van der Waals surface area contributed by atoms with E-state index < -0.39 is 0 Å². The van der Waals surface area contributed by atoms with E-state index in [1.165, 1.54) is 16.7 Å². The fraction of sp³-hybridized carbons (Fsp3) is 0.650. The van der Waals surface area contributed by atoms with Crippen LogP contribution in [0.5, 0.6) is 0 Å². The van der Waals surface area contributed by atoms with E-state index in [2.05, 4.69) is 45.9 Å². The number of rotatable bonds is 10. The van der Waals surface area contributed by atoms with E-state index in [-0.39, 0.29) is 5.92 Å². The Morgan fingerprint density at radius 2 is 1.19 bits per heavy atom. The van der Waals surface area contributed by atoms with Crippen molar-refractivity contribution in [2.24, 2.45) is 5.92 Å². The van der Waals surface area contributed by atoms with Crippen molar-refractivity contribution in [3.63, 3.8) is 0 Å². The molecule has 0 heterocycles. The van der Waals surface area contributed by atoms with Gasteiger partial charge in [-0.3, -0.25) is 4.79 Å². The van der Waals surface area contributed by atoms with Gasteiger partial charge in [-0.2, -0.15) is 0 Å². The predicted octanol–water partition coefficient (Wildman–Crippen LogP) is 6.41. The second-order valence-corrected chi connectivity index (χ2v) is 6.62. The van der Waals surface area contributed by atoms with E-state index in [0.717, 1.165) is 32.1 Å². The zero-order chi connectivity index (χ0) is 16.3. The lowest BCUT2D eigenvalue weighted by Gasteiger charge is -2.03. The molecule has 0 amide bonds. The van der Waals surface area contributed by atoms with E-state index in [1.54, 1.807) is 0 Å². The Kier molecular flexibility index (Phi) is 10.9. The monoisotopic (exact) mass is 290 g/mol. The van der Waals surface area contributed by atoms with Crippen LogP contribution in [0.2, 0.25) is 0 Å². The summed E-state index contributed by atoms with van der Waals surface area (Å²) in [6, 6.07) is 0. The second kappa shape index (κ2) is 11.5. The highest BCUT2D eigenvalue weighted by atomic mass is 16.1. The summed E-state index contributed by atoms with van der Waals surface area (Å²) >= 11 is 0. The average Bonchev–Trinajstić information content (AvgIpc) is 2.37. The lowest BCUT2D eigenvalue weighted by molar-refractivity contribution is -0.121. The van der Waals surface area contributed by atoms with Crippen LogP contribution in [0.15, 0.2) is 34.9 Å². The van der Waals surface area contributed by atoms with Gasteiger partial charge in [0.25, 0.3) is 0 Å². The van der Waals surface area contributed by atoms with Gasteiger partial charge in [0.05, 0.1) is 0 Å². The average molecular weight is 290 g/mol. The summed E-state index contributed by atoms with van der Waals surface area (Å²) in [5, 5.41) is 0. The molecule has 0 radical (unpaired) electrons. The van der Waals surface area contributed by atoms with Crippen molar-refractivity contribution in [3.8, 4) is 0 Å². The zero-order valence-electron chi connectivity index (χ0n) is 15.0. The molecular formula is C20H34O. The minimum absolute atomic E-state index is 0.171. The summed E-state index contributed by atoms with van der Waals surface area (Å²) in [6.07, 6.45) is 13.0. The van der Waals surface area contributed by atoms with Gasteiger partial charge in [-0.25, -0.2) is 0 Å². The Morgan fingerprint density at radius 1 is 0.762 bits per heavy atom. The number of ketones is 1. The fourth-order valence-corrected chi connectivity index (χ4v) is 2.09. The third-order valence-corrected chi connectivity index (χ3v) is 3.65. The van der Waals surface area contributed by atoms with Crippen molar-refractivity contribution < 1.29 is 4.79 Å². The molecule has 0 aliphatic rings. The van der Waals surface area contributed by atoms with Crippen molar-refractivity contribution in [1.29, 1.82) is 0 Å². The van der Waals surface area contributed by atoms with Crippen molar-refractivity contribution >= 4 is 5.78 Å². The predicted molar refractivity (Wildman–Crippen MR) is 94.5 cm³/mol. The van der Waals surface area contributed by atoms with Crippen LogP contribution in [0.3, 0.4) is 0 Å². The molecular weight excluding hydrogens is 256 g/mol. The zero-order valence-corrected chi connectivity index (χ0v) is 15.0. The van der Waals surface area contributed by atoms with Crippen molar-refractivity contribution in [2.45, 2.75) is 80.1 Å². The van der Waals surface area contributed by atoms with Gasteiger partial charge in [-0.15, -0.1) is 0 Å². The van der Waals surface area contributed by atoms with E-state index in [0.29, 0.717) is 12.2 Å². The van der Waals surface area contributed by atoms with E-state index in [1.807, 2.05) is 13.8 Å². The van der Waals surface area contributed by atoms with Crippen LogP contribution in [0.25, 0.3) is 0 Å². The minimum atomic E-state index is 0.171. The molecule has 120 valence electrons. The quantitative estimate of drug-likeness (QED) is 0.425. The second-order valence-electron chi connectivity index (χ2n) is 6.62. The first kappa shape index (κ1) is 19.9. The molecule has 0 saturated heterocycles. The molecule has 0 saturated carbocycles. The molecule has 0 aromatic rings. The minimum Gasteiger partial charge on any atom is -0.299 e. The number of carbonyl (C=O) groups is 1. The molecule has 0 aromatic carbocycles. The van der Waals surface area contributed by atoms with Gasteiger partial charge < -0.3 is 0 Å². The van der Waals surface area contributed by atoms with Gasteiger partial charge in [-0.1, -0.05) is 48.8 Å². The van der Waals surface area contributed by atoms with Crippen LogP contribution < -0.4 is 0 Å². The summed E-state index contributed by atoms with van der Waals surface area (Å²) in [7, 11) is 0. The molecule has 0 aromatic heterocycles. The van der Waals surface area contributed by atoms with Crippen LogP contribution in [0.1, 0.15) is 80.1 Å². The van der Waals surface area contributed by atoms with Gasteiger partial charge in [0.1, 0.15) is 5.78 Å². The molecule has 0 N–H and O–H groups in total. The Bertz CT molecular complexity index is 390. The summed E-state index contributed by atoms with van der Waals surface area (Å²) in [6.45, 7) is 12.6. The molecule has 0 atom stereocenters. The van der Waals surface area contributed by atoms with Gasteiger partial charge >= 0.3 is 0 Å². The van der Waals surface area contributed by atoms with Crippen molar-refractivity contribution in [2.75, 3.05) is 0 Å². The fourth-order valence-electron chi connectivity index (χ4n) is 2.09. The van der Waals surface area contributed by atoms with Gasteiger partial charge in [-0.05, 0) is 59.8 Å². The molecule has 1 nitrogen and oxygen atoms in total. The molecule has 0 rings (SSSR count). The number of allylic oxidation sites excluding steroid dienone is 6. The molecule has 0 fully saturated rings. The molecule has 0 bridgehead atoms. The summed E-state index contributed by atoms with van der Waals surface area (Å²) in [5.41, 5.74) is 4.28. The normalized spacial score (nSPS) is 12.7. The summed E-state index contributed by atoms with van der Waals surface area (Å²) in [4.78, 5) is 11.5. The Balaban J connectivity index is 3.93. The number of carbonyl (C=O) groups excluding carboxylic acids is 1. The molecule has 1 heteroatoms.